The fourth-order valence-electron chi connectivity index (χ4n) is 4.09. The van der Waals surface area contributed by atoms with Gasteiger partial charge in [0, 0.05) is 16.8 Å². The van der Waals surface area contributed by atoms with E-state index in [4.69, 9.17) is 11.6 Å². The highest BCUT2D eigenvalue weighted by Crippen LogP contribution is 2.36. The molecule has 26 heavy (non-hydrogen) atoms. The molecule has 0 N–H and O–H groups in total. The van der Waals surface area contributed by atoms with Gasteiger partial charge in [0.25, 0.3) is 0 Å². The lowest BCUT2D eigenvalue weighted by atomic mass is 9.96. The number of rotatable bonds is 8. The van der Waals surface area contributed by atoms with Gasteiger partial charge in [-0.25, -0.2) is 4.39 Å². The quantitative estimate of drug-likeness (QED) is 0.419. The number of allylic oxidation sites excluding steroid dienone is 2. The topological polar surface area (TPSA) is 3.24 Å². The minimum Gasteiger partial charge on any atom is -0.337 e. The molecule has 2 rings (SSSR count). The Bertz CT molecular complexity index is 650. The first-order chi connectivity index (χ1) is 12.4. The molecule has 3 heteroatoms. The fourth-order valence-corrected chi connectivity index (χ4v) is 4.32. The lowest BCUT2D eigenvalue weighted by Gasteiger charge is -2.34. The summed E-state index contributed by atoms with van der Waals surface area (Å²) >= 11 is 6.40. The van der Waals surface area contributed by atoms with Gasteiger partial charge in [-0.3, -0.25) is 0 Å². The molecule has 1 saturated carbocycles. The van der Waals surface area contributed by atoms with Gasteiger partial charge in [0.1, 0.15) is 5.82 Å². The molecule has 144 valence electrons. The molecule has 1 nitrogen and oxygen atoms in total. The van der Waals surface area contributed by atoms with Crippen LogP contribution >= 0.6 is 11.6 Å². The van der Waals surface area contributed by atoms with Gasteiger partial charge in [-0.1, -0.05) is 63.3 Å². The van der Waals surface area contributed by atoms with Gasteiger partial charge < -0.3 is 4.90 Å². The minimum atomic E-state index is -0.264. The van der Waals surface area contributed by atoms with Crippen LogP contribution in [-0.4, -0.2) is 6.04 Å². The van der Waals surface area contributed by atoms with Crippen molar-refractivity contribution >= 4 is 17.3 Å². The van der Waals surface area contributed by atoms with E-state index in [0.717, 1.165) is 36.1 Å². The SMILES string of the molecule is C=C(C=C(C)C)N(c1cc(CC2CCCC2)c(Cl)cc1F)C(CC)CC. The van der Waals surface area contributed by atoms with E-state index < -0.39 is 0 Å². The van der Waals surface area contributed by atoms with Crippen LogP contribution in [0.5, 0.6) is 0 Å². The summed E-state index contributed by atoms with van der Waals surface area (Å²) in [5.41, 5.74) is 3.67. The van der Waals surface area contributed by atoms with E-state index in [9.17, 15) is 4.39 Å². The molecule has 0 atom stereocenters. The Labute approximate surface area is 163 Å². The Morgan fingerprint density at radius 2 is 1.88 bits per heavy atom. The highest BCUT2D eigenvalue weighted by molar-refractivity contribution is 6.31. The normalized spacial score (nSPS) is 14.7. The molecule has 0 unspecified atom stereocenters. The van der Waals surface area contributed by atoms with Crippen molar-refractivity contribution in [2.45, 2.75) is 78.7 Å². The molecule has 0 heterocycles. The van der Waals surface area contributed by atoms with E-state index in [1.165, 1.54) is 31.7 Å². The number of hydrogen-bond acceptors (Lipinski definition) is 1. The third-order valence-electron chi connectivity index (χ3n) is 5.43. The molecule has 0 amide bonds. The molecule has 1 fully saturated rings. The first kappa shape index (κ1) is 21.0. The van der Waals surface area contributed by atoms with E-state index in [1.807, 2.05) is 26.0 Å². The summed E-state index contributed by atoms with van der Waals surface area (Å²) < 4.78 is 14.9. The van der Waals surface area contributed by atoms with Gasteiger partial charge in [0.2, 0.25) is 0 Å². The lowest BCUT2D eigenvalue weighted by Crippen LogP contribution is -2.33. The highest BCUT2D eigenvalue weighted by atomic mass is 35.5. The van der Waals surface area contributed by atoms with Crippen LogP contribution in [0.2, 0.25) is 5.02 Å². The summed E-state index contributed by atoms with van der Waals surface area (Å²) in [7, 11) is 0. The second-order valence-electron chi connectivity index (χ2n) is 7.80. The van der Waals surface area contributed by atoms with Crippen LogP contribution in [0.4, 0.5) is 10.1 Å². The zero-order valence-corrected chi connectivity index (χ0v) is 17.5. The molecular weight excluding hydrogens is 345 g/mol. The first-order valence-electron chi connectivity index (χ1n) is 9.98. The standard InChI is InChI=1S/C23H33ClFN/c1-6-20(7-2)26(17(5)12-16(3)4)23-14-19(21(24)15-22(23)25)13-18-10-8-9-11-18/h12,14-15,18,20H,5-11,13H2,1-4H3. The fraction of sp³-hybridized carbons (Fsp3) is 0.565. The van der Waals surface area contributed by atoms with E-state index in [1.54, 1.807) is 0 Å². The van der Waals surface area contributed by atoms with E-state index in [2.05, 4.69) is 25.3 Å². The second kappa shape index (κ2) is 9.60. The Morgan fingerprint density at radius 1 is 1.27 bits per heavy atom. The number of anilines is 1. The Kier molecular flexibility index (Phi) is 7.76. The van der Waals surface area contributed by atoms with Gasteiger partial charge in [-0.15, -0.1) is 0 Å². The van der Waals surface area contributed by atoms with Crippen LogP contribution < -0.4 is 4.90 Å². The maximum atomic E-state index is 14.9. The molecule has 0 bridgehead atoms. The predicted molar refractivity (Wildman–Crippen MR) is 112 cm³/mol. The molecule has 0 aliphatic heterocycles. The van der Waals surface area contributed by atoms with Crippen molar-refractivity contribution in [1.82, 2.24) is 0 Å². The molecule has 1 aliphatic carbocycles. The summed E-state index contributed by atoms with van der Waals surface area (Å²) in [5.74, 6) is 0.411. The van der Waals surface area contributed by atoms with E-state index >= 15 is 0 Å². The van der Waals surface area contributed by atoms with Crippen molar-refractivity contribution in [3.8, 4) is 0 Å². The Balaban J connectivity index is 2.44. The van der Waals surface area contributed by atoms with Crippen molar-refractivity contribution in [2.75, 3.05) is 4.90 Å². The van der Waals surface area contributed by atoms with Gasteiger partial charge in [-0.2, -0.15) is 0 Å². The second-order valence-corrected chi connectivity index (χ2v) is 8.21. The minimum absolute atomic E-state index is 0.216. The molecule has 1 aliphatic rings. The van der Waals surface area contributed by atoms with Crippen LogP contribution in [0.3, 0.4) is 0 Å². The maximum absolute atomic E-state index is 14.9. The smallest absolute Gasteiger partial charge is 0.148 e. The number of hydrogen-bond donors (Lipinski definition) is 0. The molecular formula is C23H33ClFN. The van der Waals surface area contributed by atoms with Crippen molar-refractivity contribution in [1.29, 1.82) is 0 Å². The summed E-state index contributed by atoms with van der Waals surface area (Å²) in [6.45, 7) is 12.6. The van der Waals surface area contributed by atoms with Gasteiger partial charge in [0.15, 0.2) is 0 Å². The maximum Gasteiger partial charge on any atom is 0.148 e. The van der Waals surface area contributed by atoms with E-state index in [0.29, 0.717) is 16.6 Å². The van der Waals surface area contributed by atoms with Crippen LogP contribution in [0.25, 0.3) is 0 Å². The van der Waals surface area contributed by atoms with E-state index in [-0.39, 0.29) is 11.9 Å². The Morgan fingerprint density at radius 3 is 2.42 bits per heavy atom. The summed E-state index contributed by atoms with van der Waals surface area (Å²) in [5, 5.41) is 0.551. The third kappa shape index (κ3) is 5.13. The molecule has 0 spiro atoms. The zero-order chi connectivity index (χ0) is 19.3. The van der Waals surface area contributed by atoms with Gasteiger partial charge in [0.05, 0.1) is 5.69 Å². The number of nitrogens with zero attached hydrogens (tertiary/aromatic N) is 1. The average molecular weight is 378 g/mol. The average Bonchev–Trinajstić information content (AvgIpc) is 3.08. The molecule has 0 radical (unpaired) electrons. The Hall–Kier alpha value is -1.28. The van der Waals surface area contributed by atoms with Gasteiger partial charge in [-0.05, 0) is 62.8 Å². The van der Waals surface area contributed by atoms with Crippen molar-refractivity contribution in [2.24, 2.45) is 5.92 Å². The summed E-state index contributed by atoms with van der Waals surface area (Å²) in [4.78, 5) is 2.07. The lowest BCUT2D eigenvalue weighted by molar-refractivity contribution is 0.543. The van der Waals surface area contributed by atoms with Crippen LogP contribution in [0.15, 0.2) is 36.1 Å². The molecule has 1 aromatic carbocycles. The summed E-state index contributed by atoms with van der Waals surface area (Å²) in [6.07, 6.45) is 9.95. The van der Waals surface area contributed by atoms with Crippen molar-refractivity contribution in [3.63, 3.8) is 0 Å². The monoisotopic (exact) mass is 377 g/mol. The van der Waals surface area contributed by atoms with Gasteiger partial charge >= 0.3 is 0 Å². The van der Waals surface area contributed by atoms with Crippen molar-refractivity contribution < 1.29 is 4.39 Å². The van der Waals surface area contributed by atoms with Crippen LogP contribution in [-0.2, 0) is 6.42 Å². The molecule has 0 aromatic heterocycles. The zero-order valence-electron chi connectivity index (χ0n) is 16.7. The third-order valence-corrected chi connectivity index (χ3v) is 5.78. The van der Waals surface area contributed by atoms with Crippen LogP contribution in [0.1, 0.15) is 71.8 Å². The number of halogens is 2. The summed E-state index contributed by atoms with van der Waals surface area (Å²) in [6, 6.07) is 3.68. The molecule has 1 aromatic rings. The van der Waals surface area contributed by atoms with Crippen molar-refractivity contribution in [3.05, 3.63) is 52.5 Å². The predicted octanol–water partition coefficient (Wildman–Crippen LogP) is 7.69. The largest absolute Gasteiger partial charge is 0.337 e. The highest BCUT2D eigenvalue weighted by Gasteiger charge is 2.24. The number of benzene rings is 1. The molecule has 0 saturated heterocycles. The van der Waals surface area contributed by atoms with Crippen LogP contribution in [0, 0.1) is 11.7 Å². The first-order valence-corrected chi connectivity index (χ1v) is 10.4.